The van der Waals surface area contributed by atoms with Crippen LogP contribution >= 0.6 is 11.3 Å². The predicted octanol–water partition coefficient (Wildman–Crippen LogP) is 0.730. The third-order valence-corrected chi connectivity index (χ3v) is 5.88. The van der Waals surface area contributed by atoms with E-state index in [1.165, 1.54) is 11.3 Å². The first-order valence-corrected chi connectivity index (χ1v) is 7.20. The normalized spacial score (nSPS) is 24.2. The highest BCUT2D eigenvalue weighted by molar-refractivity contribution is 7.91. The Balaban J connectivity index is 2.29. The molecule has 1 aliphatic rings. The summed E-state index contributed by atoms with van der Waals surface area (Å²) in [5, 5.41) is 4.97. The molecule has 1 aromatic rings. The standard InChI is InChI=1S/C9H14N2O2S2/c1-8-7-10-4-5-11(8)15(12,13)9-3-2-6-14-9/h2-3,6,8,10H,4-5,7H2,1H3/t8-/m0/s1. The zero-order valence-electron chi connectivity index (χ0n) is 8.51. The second kappa shape index (κ2) is 4.21. The molecule has 0 amide bonds. The number of rotatable bonds is 2. The Labute approximate surface area is 94.0 Å². The van der Waals surface area contributed by atoms with Gasteiger partial charge in [0.15, 0.2) is 0 Å². The number of nitrogens with zero attached hydrogens (tertiary/aromatic N) is 1. The van der Waals surface area contributed by atoms with Crippen molar-refractivity contribution in [2.75, 3.05) is 19.6 Å². The van der Waals surface area contributed by atoms with Gasteiger partial charge in [-0.05, 0) is 18.4 Å². The first kappa shape index (κ1) is 11.1. The molecule has 1 fully saturated rings. The summed E-state index contributed by atoms with van der Waals surface area (Å²) in [5.74, 6) is 0. The molecule has 1 aliphatic heterocycles. The highest BCUT2D eigenvalue weighted by atomic mass is 32.2. The van der Waals surface area contributed by atoms with Gasteiger partial charge >= 0.3 is 0 Å². The van der Waals surface area contributed by atoms with Gasteiger partial charge in [-0.2, -0.15) is 4.31 Å². The van der Waals surface area contributed by atoms with E-state index < -0.39 is 10.0 Å². The molecule has 1 N–H and O–H groups in total. The monoisotopic (exact) mass is 246 g/mol. The fourth-order valence-corrected chi connectivity index (χ4v) is 4.46. The number of hydrogen-bond donors (Lipinski definition) is 1. The van der Waals surface area contributed by atoms with Gasteiger partial charge in [-0.15, -0.1) is 11.3 Å². The van der Waals surface area contributed by atoms with E-state index in [2.05, 4.69) is 5.32 Å². The van der Waals surface area contributed by atoms with Crippen LogP contribution in [-0.2, 0) is 10.0 Å². The largest absolute Gasteiger partial charge is 0.314 e. The minimum atomic E-state index is -3.26. The van der Waals surface area contributed by atoms with Crippen molar-refractivity contribution >= 4 is 21.4 Å². The van der Waals surface area contributed by atoms with Gasteiger partial charge in [0, 0.05) is 25.7 Å². The molecule has 0 spiro atoms. The summed E-state index contributed by atoms with van der Waals surface area (Å²) in [6, 6.07) is 3.46. The second-order valence-corrected chi connectivity index (χ2v) is 6.67. The summed E-state index contributed by atoms with van der Waals surface area (Å²) in [4.78, 5) is 0. The van der Waals surface area contributed by atoms with Crippen LogP contribution in [0.4, 0.5) is 0 Å². The maximum Gasteiger partial charge on any atom is 0.252 e. The van der Waals surface area contributed by atoms with Crippen LogP contribution in [0.15, 0.2) is 21.7 Å². The van der Waals surface area contributed by atoms with Gasteiger partial charge in [0.1, 0.15) is 4.21 Å². The summed E-state index contributed by atoms with van der Waals surface area (Å²) in [6.45, 7) is 3.94. The maximum absolute atomic E-state index is 12.2. The van der Waals surface area contributed by atoms with Gasteiger partial charge in [0.25, 0.3) is 10.0 Å². The van der Waals surface area contributed by atoms with Crippen molar-refractivity contribution in [2.24, 2.45) is 0 Å². The van der Waals surface area contributed by atoms with Crippen LogP contribution in [0, 0.1) is 0 Å². The van der Waals surface area contributed by atoms with Crippen LogP contribution in [0.5, 0.6) is 0 Å². The van der Waals surface area contributed by atoms with Crippen molar-refractivity contribution in [2.45, 2.75) is 17.2 Å². The first-order chi connectivity index (χ1) is 7.12. The van der Waals surface area contributed by atoms with E-state index in [9.17, 15) is 8.42 Å². The number of nitrogens with one attached hydrogen (secondary N) is 1. The molecule has 84 valence electrons. The van der Waals surface area contributed by atoms with Crippen molar-refractivity contribution in [3.05, 3.63) is 17.5 Å². The summed E-state index contributed by atoms with van der Waals surface area (Å²) in [7, 11) is -3.26. The molecule has 4 nitrogen and oxygen atoms in total. The number of hydrogen-bond acceptors (Lipinski definition) is 4. The summed E-state index contributed by atoms with van der Waals surface area (Å²) in [6.07, 6.45) is 0. The molecule has 6 heteroatoms. The van der Waals surface area contributed by atoms with E-state index >= 15 is 0 Å². The Morgan fingerprint density at radius 3 is 3.00 bits per heavy atom. The SMILES string of the molecule is C[C@H]1CNCCN1S(=O)(=O)c1cccs1. The molecule has 1 atom stereocenters. The van der Waals surface area contributed by atoms with E-state index in [1.807, 2.05) is 6.92 Å². The number of piperazine rings is 1. The third-order valence-electron chi connectivity index (χ3n) is 2.50. The lowest BCUT2D eigenvalue weighted by Crippen LogP contribution is -2.51. The third kappa shape index (κ3) is 2.08. The zero-order chi connectivity index (χ0) is 10.9. The van der Waals surface area contributed by atoms with Gasteiger partial charge in [0.2, 0.25) is 0 Å². The fourth-order valence-electron chi connectivity index (χ4n) is 1.71. The molecule has 0 saturated carbocycles. The fraction of sp³-hybridized carbons (Fsp3) is 0.556. The van der Waals surface area contributed by atoms with E-state index in [-0.39, 0.29) is 6.04 Å². The molecule has 0 aromatic carbocycles. The average molecular weight is 246 g/mol. The van der Waals surface area contributed by atoms with Crippen LogP contribution in [0.2, 0.25) is 0 Å². The Kier molecular flexibility index (Phi) is 3.11. The van der Waals surface area contributed by atoms with E-state index in [1.54, 1.807) is 21.8 Å². The zero-order valence-corrected chi connectivity index (χ0v) is 10.1. The molecular weight excluding hydrogens is 232 g/mol. The molecule has 0 radical (unpaired) electrons. The Morgan fingerprint density at radius 2 is 2.40 bits per heavy atom. The van der Waals surface area contributed by atoms with Gasteiger partial charge in [-0.1, -0.05) is 6.07 Å². The molecular formula is C9H14N2O2S2. The van der Waals surface area contributed by atoms with Crippen LogP contribution in [-0.4, -0.2) is 38.4 Å². The van der Waals surface area contributed by atoms with Crippen molar-refractivity contribution in [1.29, 1.82) is 0 Å². The van der Waals surface area contributed by atoms with Crippen molar-refractivity contribution in [1.82, 2.24) is 9.62 Å². The van der Waals surface area contributed by atoms with Gasteiger partial charge in [0.05, 0.1) is 0 Å². The lowest BCUT2D eigenvalue weighted by Gasteiger charge is -2.32. The molecule has 0 unspecified atom stereocenters. The average Bonchev–Trinajstić information content (AvgIpc) is 2.71. The summed E-state index contributed by atoms with van der Waals surface area (Å²) < 4.78 is 26.4. The van der Waals surface area contributed by atoms with Crippen molar-refractivity contribution < 1.29 is 8.42 Å². The van der Waals surface area contributed by atoms with Crippen LogP contribution in [0.1, 0.15) is 6.92 Å². The molecule has 1 aromatic heterocycles. The van der Waals surface area contributed by atoms with E-state index in [0.717, 1.165) is 13.1 Å². The number of thiophene rings is 1. The molecule has 2 rings (SSSR count). The van der Waals surface area contributed by atoms with Gasteiger partial charge < -0.3 is 5.32 Å². The Bertz CT molecular complexity index is 413. The Hall–Kier alpha value is -0.430. The van der Waals surface area contributed by atoms with Gasteiger partial charge in [-0.3, -0.25) is 0 Å². The maximum atomic E-state index is 12.2. The summed E-state index contributed by atoms with van der Waals surface area (Å²) >= 11 is 1.28. The van der Waals surface area contributed by atoms with Crippen molar-refractivity contribution in [3.8, 4) is 0 Å². The second-order valence-electron chi connectivity index (χ2n) is 3.60. The minimum Gasteiger partial charge on any atom is -0.314 e. The van der Waals surface area contributed by atoms with Gasteiger partial charge in [-0.25, -0.2) is 8.42 Å². The molecule has 15 heavy (non-hydrogen) atoms. The molecule has 0 aliphatic carbocycles. The summed E-state index contributed by atoms with van der Waals surface area (Å²) in [5.41, 5.74) is 0. The van der Waals surface area contributed by atoms with E-state index in [0.29, 0.717) is 10.8 Å². The highest BCUT2D eigenvalue weighted by Crippen LogP contribution is 2.23. The Morgan fingerprint density at radius 1 is 1.60 bits per heavy atom. The first-order valence-electron chi connectivity index (χ1n) is 4.88. The smallest absolute Gasteiger partial charge is 0.252 e. The van der Waals surface area contributed by atoms with Crippen molar-refractivity contribution in [3.63, 3.8) is 0 Å². The van der Waals surface area contributed by atoms with E-state index in [4.69, 9.17) is 0 Å². The number of sulfonamides is 1. The van der Waals surface area contributed by atoms with Crippen LogP contribution < -0.4 is 5.32 Å². The minimum absolute atomic E-state index is 0.0332. The lowest BCUT2D eigenvalue weighted by molar-refractivity contribution is 0.284. The lowest BCUT2D eigenvalue weighted by atomic mass is 10.3. The molecule has 0 bridgehead atoms. The quantitative estimate of drug-likeness (QED) is 0.837. The van der Waals surface area contributed by atoms with Crippen LogP contribution in [0.25, 0.3) is 0 Å². The highest BCUT2D eigenvalue weighted by Gasteiger charge is 2.31. The predicted molar refractivity (Wildman–Crippen MR) is 60.5 cm³/mol. The molecule has 1 saturated heterocycles. The van der Waals surface area contributed by atoms with Crippen LogP contribution in [0.3, 0.4) is 0 Å². The topological polar surface area (TPSA) is 49.4 Å². The molecule has 2 heterocycles.